The Hall–Kier alpha value is -1.74. The summed E-state index contributed by atoms with van der Waals surface area (Å²) in [5.41, 5.74) is 2.49. The number of nitrogens with one attached hydrogen (secondary N) is 1. The van der Waals surface area contributed by atoms with Gasteiger partial charge in [-0.25, -0.2) is 0 Å². The highest BCUT2D eigenvalue weighted by molar-refractivity contribution is 5.26. The molecule has 0 fully saturated rings. The molecule has 1 atom stereocenters. The van der Waals surface area contributed by atoms with E-state index in [0.29, 0.717) is 11.8 Å². The van der Waals surface area contributed by atoms with E-state index in [0.717, 1.165) is 19.5 Å². The van der Waals surface area contributed by atoms with Crippen LogP contribution in [0.1, 0.15) is 37.6 Å². The average molecular weight is 258 g/mol. The molecule has 0 spiro atoms. The van der Waals surface area contributed by atoms with Crippen LogP contribution >= 0.6 is 0 Å². The molecule has 102 valence electrons. The number of rotatable bonds is 6. The van der Waals surface area contributed by atoms with Crippen LogP contribution in [0.4, 0.5) is 0 Å². The SMILES string of the molecule is CCCNC(C)c1cccn1Cc1ccc(O)cc1. The normalized spacial score (nSPS) is 12.5. The Morgan fingerprint density at radius 3 is 2.63 bits per heavy atom. The van der Waals surface area contributed by atoms with Gasteiger partial charge in [-0.15, -0.1) is 0 Å². The van der Waals surface area contributed by atoms with Crippen molar-refractivity contribution in [3.63, 3.8) is 0 Å². The minimum atomic E-state index is 0.314. The Kier molecular flexibility index (Phi) is 4.63. The summed E-state index contributed by atoms with van der Waals surface area (Å²) in [5, 5.41) is 12.8. The maximum absolute atomic E-state index is 9.31. The van der Waals surface area contributed by atoms with E-state index in [4.69, 9.17) is 0 Å². The Morgan fingerprint density at radius 2 is 1.95 bits per heavy atom. The maximum Gasteiger partial charge on any atom is 0.115 e. The quantitative estimate of drug-likeness (QED) is 0.834. The van der Waals surface area contributed by atoms with Gasteiger partial charge in [0.25, 0.3) is 0 Å². The molecule has 0 aliphatic rings. The summed E-state index contributed by atoms with van der Waals surface area (Å²) in [7, 11) is 0. The van der Waals surface area contributed by atoms with Crippen LogP contribution in [0.15, 0.2) is 42.6 Å². The van der Waals surface area contributed by atoms with Gasteiger partial charge in [-0.05, 0) is 49.7 Å². The van der Waals surface area contributed by atoms with Crippen molar-refractivity contribution in [3.8, 4) is 5.75 Å². The number of nitrogens with zero attached hydrogens (tertiary/aromatic N) is 1. The number of phenolic OH excluding ortho intramolecular Hbond substituents is 1. The molecule has 3 nitrogen and oxygen atoms in total. The molecule has 0 aliphatic carbocycles. The van der Waals surface area contributed by atoms with Gasteiger partial charge < -0.3 is 15.0 Å². The number of phenols is 1. The molecular formula is C16H22N2O. The first-order chi connectivity index (χ1) is 9.20. The van der Waals surface area contributed by atoms with E-state index in [-0.39, 0.29) is 0 Å². The van der Waals surface area contributed by atoms with Gasteiger partial charge in [-0.3, -0.25) is 0 Å². The van der Waals surface area contributed by atoms with E-state index < -0.39 is 0 Å². The standard InChI is InChI=1S/C16H22N2O/c1-3-10-17-13(2)16-5-4-11-18(16)12-14-6-8-15(19)9-7-14/h4-9,11,13,17,19H,3,10,12H2,1-2H3. The van der Waals surface area contributed by atoms with Crippen LogP contribution < -0.4 is 5.32 Å². The summed E-state index contributed by atoms with van der Waals surface area (Å²) < 4.78 is 2.25. The fourth-order valence-corrected chi connectivity index (χ4v) is 2.23. The van der Waals surface area contributed by atoms with Crippen molar-refractivity contribution in [3.05, 3.63) is 53.9 Å². The van der Waals surface area contributed by atoms with Crippen molar-refractivity contribution in [1.82, 2.24) is 9.88 Å². The smallest absolute Gasteiger partial charge is 0.115 e. The van der Waals surface area contributed by atoms with Crippen molar-refractivity contribution >= 4 is 0 Å². The molecule has 1 unspecified atom stereocenters. The molecule has 0 saturated heterocycles. The molecule has 2 N–H and O–H groups in total. The van der Waals surface area contributed by atoms with Gasteiger partial charge in [0, 0.05) is 24.5 Å². The zero-order valence-corrected chi connectivity index (χ0v) is 11.6. The molecule has 1 heterocycles. The van der Waals surface area contributed by atoms with E-state index in [1.807, 2.05) is 12.1 Å². The van der Waals surface area contributed by atoms with Crippen LogP contribution in [-0.2, 0) is 6.54 Å². The van der Waals surface area contributed by atoms with E-state index in [2.05, 4.69) is 42.1 Å². The highest BCUT2D eigenvalue weighted by Gasteiger charge is 2.09. The van der Waals surface area contributed by atoms with Crippen LogP contribution in [0.2, 0.25) is 0 Å². The fraction of sp³-hybridized carbons (Fsp3) is 0.375. The summed E-state index contributed by atoms with van der Waals surface area (Å²) in [5.74, 6) is 0.314. The van der Waals surface area contributed by atoms with Crippen LogP contribution in [0.3, 0.4) is 0 Å². The average Bonchev–Trinajstić information content (AvgIpc) is 2.87. The summed E-state index contributed by atoms with van der Waals surface area (Å²) in [6.45, 7) is 6.24. The lowest BCUT2D eigenvalue weighted by molar-refractivity contribution is 0.475. The predicted octanol–water partition coefficient (Wildman–Crippen LogP) is 3.30. The molecular weight excluding hydrogens is 236 g/mol. The molecule has 0 radical (unpaired) electrons. The Balaban J connectivity index is 2.08. The largest absolute Gasteiger partial charge is 0.508 e. The fourth-order valence-electron chi connectivity index (χ4n) is 2.23. The van der Waals surface area contributed by atoms with Crippen molar-refractivity contribution in [2.75, 3.05) is 6.54 Å². The highest BCUT2D eigenvalue weighted by atomic mass is 16.3. The molecule has 1 aromatic carbocycles. The first-order valence-electron chi connectivity index (χ1n) is 6.87. The van der Waals surface area contributed by atoms with Gasteiger partial charge >= 0.3 is 0 Å². The lowest BCUT2D eigenvalue weighted by atomic mass is 10.2. The van der Waals surface area contributed by atoms with Gasteiger partial charge in [0.15, 0.2) is 0 Å². The molecule has 0 amide bonds. The van der Waals surface area contributed by atoms with Crippen LogP contribution in [0, 0.1) is 0 Å². The van der Waals surface area contributed by atoms with Gasteiger partial charge in [0.1, 0.15) is 5.75 Å². The highest BCUT2D eigenvalue weighted by Crippen LogP contribution is 2.17. The van der Waals surface area contributed by atoms with Crippen molar-refractivity contribution in [2.24, 2.45) is 0 Å². The van der Waals surface area contributed by atoms with Gasteiger partial charge in [-0.1, -0.05) is 19.1 Å². The first kappa shape index (κ1) is 13.7. The predicted molar refractivity (Wildman–Crippen MR) is 78.3 cm³/mol. The monoisotopic (exact) mass is 258 g/mol. The molecule has 0 bridgehead atoms. The lowest BCUT2D eigenvalue weighted by Gasteiger charge is -2.17. The van der Waals surface area contributed by atoms with Gasteiger partial charge in [0.2, 0.25) is 0 Å². The number of hydrogen-bond donors (Lipinski definition) is 2. The minimum Gasteiger partial charge on any atom is -0.508 e. The zero-order valence-electron chi connectivity index (χ0n) is 11.6. The number of aromatic hydroxyl groups is 1. The molecule has 3 heteroatoms. The molecule has 0 saturated carbocycles. The number of benzene rings is 1. The third-order valence-electron chi connectivity index (χ3n) is 3.30. The van der Waals surface area contributed by atoms with E-state index in [1.165, 1.54) is 11.3 Å². The molecule has 1 aromatic heterocycles. The summed E-state index contributed by atoms with van der Waals surface area (Å²) >= 11 is 0. The number of aromatic nitrogens is 1. The summed E-state index contributed by atoms with van der Waals surface area (Å²) in [4.78, 5) is 0. The van der Waals surface area contributed by atoms with Crippen LogP contribution in [-0.4, -0.2) is 16.2 Å². The molecule has 2 aromatic rings. The molecule has 2 rings (SSSR count). The van der Waals surface area contributed by atoms with Gasteiger partial charge in [-0.2, -0.15) is 0 Å². The second-order valence-corrected chi connectivity index (χ2v) is 4.90. The molecule has 0 aliphatic heterocycles. The van der Waals surface area contributed by atoms with E-state index in [1.54, 1.807) is 12.1 Å². The topological polar surface area (TPSA) is 37.2 Å². The maximum atomic E-state index is 9.31. The third-order valence-corrected chi connectivity index (χ3v) is 3.30. The van der Waals surface area contributed by atoms with Crippen molar-refractivity contribution in [1.29, 1.82) is 0 Å². The second-order valence-electron chi connectivity index (χ2n) is 4.90. The number of hydrogen-bond acceptors (Lipinski definition) is 2. The first-order valence-corrected chi connectivity index (χ1v) is 6.87. The Morgan fingerprint density at radius 1 is 1.21 bits per heavy atom. The molecule has 19 heavy (non-hydrogen) atoms. The van der Waals surface area contributed by atoms with Crippen molar-refractivity contribution in [2.45, 2.75) is 32.9 Å². The lowest BCUT2D eigenvalue weighted by Crippen LogP contribution is -2.22. The van der Waals surface area contributed by atoms with E-state index >= 15 is 0 Å². The third kappa shape index (κ3) is 3.61. The van der Waals surface area contributed by atoms with Crippen molar-refractivity contribution < 1.29 is 5.11 Å². The van der Waals surface area contributed by atoms with Gasteiger partial charge in [0.05, 0.1) is 0 Å². The Bertz CT molecular complexity index is 502. The summed E-state index contributed by atoms with van der Waals surface area (Å²) in [6.07, 6.45) is 3.25. The second kappa shape index (κ2) is 6.43. The summed E-state index contributed by atoms with van der Waals surface area (Å²) in [6, 6.07) is 12.0. The van der Waals surface area contributed by atoms with Crippen LogP contribution in [0.25, 0.3) is 0 Å². The van der Waals surface area contributed by atoms with E-state index in [9.17, 15) is 5.11 Å². The van der Waals surface area contributed by atoms with Crippen LogP contribution in [0.5, 0.6) is 5.75 Å². The Labute approximate surface area is 114 Å². The minimum absolute atomic E-state index is 0.314. The zero-order chi connectivity index (χ0) is 13.7.